The minimum absolute atomic E-state index is 0.0106. The molecule has 0 bridgehead atoms. The predicted octanol–water partition coefficient (Wildman–Crippen LogP) is 12.8. The second-order valence-electron chi connectivity index (χ2n) is 15.2. The number of carbonyl (C=O) groups excluding carboxylic acids is 1. The van der Waals surface area contributed by atoms with Crippen molar-refractivity contribution < 1.29 is 42.7 Å². The van der Waals surface area contributed by atoms with E-state index in [0.717, 1.165) is 77.0 Å². The number of carbonyl (C=O) groups is 2. The molecule has 0 saturated carbocycles. The Hall–Kier alpha value is -2.33. The molecule has 0 heterocycles. The molecule has 0 amide bonds. The first-order chi connectivity index (χ1) is 28.2. The summed E-state index contributed by atoms with van der Waals surface area (Å²) in [5.74, 6) is -1.78. The van der Waals surface area contributed by atoms with Crippen LogP contribution in [0.15, 0.2) is 60.8 Å². The lowest BCUT2D eigenvalue weighted by atomic mass is 10.0. The van der Waals surface area contributed by atoms with Crippen molar-refractivity contribution in [1.29, 1.82) is 0 Å². The molecule has 3 atom stereocenters. The Morgan fingerprint density at radius 1 is 0.569 bits per heavy atom. The fraction of sp³-hybridized carbons (Fsp3) is 0.745. The lowest BCUT2D eigenvalue weighted by Crippen LogP contribution is -2.34. The van der Waals surface area contributed by atoms with Crippen LogP contribution >= 0.6 is 7.82 Å². The third kappa shape index (κ3) is 41.8. The molecule has 0 aromatic heterocycles. The average Bonchev–Trinajstić information content (AvgIpc) is 3.20. The fourth-order valence-electron chi connectivity index (χ4n) is 6.04. The molecule has 0 aromatic carbocycles. The van der Waals surface area contributed by atoms with Crippen LogP contribution in [-0.4, -0.2) is 60.5 Å². The van der Waals surface area contributed by atoms with Gasteiger partial charge in [-0.3, -0.25) is 18.6 Å². The second kappa shape index (κ2) is 42.8. The molecule has 0 aliphatic carbocycles. The van der Waals surface area contributed by atoms with Crippen LogP contribution in [0, 0.1) is 0 Å². The van der Waals surface area contributed by atoms with Crippen molar-refractivity contribution in [3.05, 3.63) is 60.8 Å². The van der Waals surface area contributed by atoms with Gasteiger partial charge in [0.25, 0.3) is 0 Å². The molecule has 58 heavy (non-hydrogen) atoms. The van der Waals surface area contributed by atoms with Gasteiger partial charge in [-0.1, -0.05) is 184 Å². The molecule has 0 fully saturated rings. The van der Waals surface area contributed by atoms with E-state index in [4.69, 9.17) is 29.4 Å². The summed E-state index contributed by atoms with van der Waals surface area (Å²) in [6.07, 6.45) is 51.3. The Labute approximate surface area is 353 Å². The van der Waals surface area contributed by atoms with E-state index in [1.807, 2.05) is 0 Å². The van der Waals surface area contributed by atoms with Gasteiger partial charge in [-0.25, -0.2) is 4.57 Å². The van der Waals surface area contributed by atoms with Crippen LogP contribution in [0.4, 0.5) is 0 Å². The number of aliphatic carboxylic acids is 1. The van der Waals surface area contributed by atoms with E-state index in [2.05, 4.69) is 74.6 Å². The van der Waals surface area contributed by atoms with Crippen molar-refractivity contribution in [2.24, 2.45) is 5.73 Å². The predicted molar refractivity (Wildman–Crippen MR) is 240 cm³/mol. The minimum atomic E-state index is -4.62. The standard InChI is InChI=1S/C47H84NO9P/c1-3-5-7-9-11-13-15-17-18-19-20-21-22-23-24-25-26-27-28-30-32-34-36-38-40-54-41-44(42-55-58(52,53)56-43-45(48)47(50)51)57-46(49)39-37-35-33-31-29-16-14-12-10-8-6-4-2/h5,7,11,13,17-18,20-21,23-24,44-45H,3-4,6,8-10,12,14-16,19,22,25-43,48H2,1-2H3,(H,50,51)(H,52,53)/b7-5-,13-11-,18-17-,21-20-,24-23-. The maximum Gasteiger partial charge on any atom is 0.472 e. The summed E-state index contributed by atoms with van der Waals surface area (Å²) < 4.78 is 33.4. The number of phosphoric acid groups is 1. The topological polar surface area (TPSA) is 155 Å². The molecule has 0 aliphatic rings. The number of carboxylic acid groups (broad SMARTS) is 1. The quantitative estimate of drug-likeness (QED) is 0.0234. The highest BCUT2D eigenvalue weighted by Gasteiger charge is 2.27. The van der Waals surface area contributed by atoms with Gasteiger partial charge in [0.1, 0.15) is 12.1 Å². The summed E-state index contributed by atoms with van der Waals surface area (Å²) in [6.45, 7) is 3.74. The van der Waals surface area contributed by atoms with E-state index in [0.29, 0.717) is 13.0 Å². The number of allylic oxidation sites excluding steroid dienone is 10. The van der Waals surface area contributed by atoms with Crippen molar-refractivity contribution >= 4 is 19.8 Å². The van der Waals surface area contributed by atoms with Gasteiger partial charge in [-0.15, -0.1) is 0 Å². The van der Waals surface area contributed by atoms with Gasteiger partial charge in [0.2, 0.25) is 0 Å². The first kappa shape index (κ1) is 55.7. The number of carboxylic acids is 1. The van der Waals surface area contributed by atoms with Crippen LogP contribution in [0.2, 0.25) is 0 Å². The van der Waals surface area contributed by atoms with Crippen molar-refractivity contribution in [2.45, 2.75) is 199 Å². The molecule has 0 rings (SSSR count). The van der Waals surface area contributed by atoms with Crippen LogP contribution < -0.4 is 5.73 Å². The molecule has 0 radical (unpaired) electrons. The summed E-state index contributed by atoms with van der Waals surface area (Å²) in [4.78, 5) is 33.5. The molecule has 11 heteroatoms. The van der Waals surface area contributed by atoms with Crippen LogP contribution in [-0.2, 0) is 32.7 Å². The highest BCUT2D eigenvalue weighted by molar-refractivity contribution is 7.47. The van der Waals surface area contributed by atoms with Gasteiger partial charge in [0.05, 0.1) is 19.8 Å². The Bertz CT molecular complexity index is 1150. The molecule has 0 aromatic rings. The van der Waals surface area contributed by atoms with E-state index in [1.165, 1.54) is 83.5 Å². The third-order valence-corrected chi connectivity index (χ3v) is 10.5. The molecule has 10 nitrogen and oxygen atoms in total. The highest BCUT2D eigenvalue weighted by atomic mass is 31.2. The number of unbranched alkanes of at least 4 members (excludes halogenated alkanes) is 19. The number of phosphoric ester groups is 1. The molecule has 3 unspecified atom stereocenters. The van der Waals surface area contributed by atoms with Crippen LogP contribution in [0.3, 0.4) is 0 Å². The van der Waals surface area contributed by atoms with E-state index in [9.17, 15) is 19.0 Å². The van der Waals surface area contributed by atoms with Crippen LogP contribution in [0.1, 0.15) is 187 Å². The van der Waals surface area contributed by atoms with E-state index in [-0.39, 0.29) is 13.0 Å². The zero-order valence-electron chi connectivity index (χ0n) is 36.6. The average molecular weight is 838 g/mol. The first-order valence-electron chi connectivity index (χ1n) is 22.8. The SMILES string of the molecule is CC/C=C\C/C=C\C/C=C\C/C=C\C/C=C\CCCCCCCCCCOCC(COP(=O)(O)OCC(N)C(=O)O)OC(=O)CCCCCCCCCCCCCC. The molecule has 336 valence electrons. The van der Waals surface area contributed by atoms with Gasteiger partial charge in [0.15, 0.2) is 0 Å². The zero-order chi connectivity index (χ0) is 42.6. The lowest BCUT2D eigenvalue weighted by molar-refractivity contribution is -0.154. The zero-order valence-corrected chi connectivity index (χ0v) is 37.5. The van der Waals surface area contributed by atoms with E-state index < -0.39 is 45.1 Å². The Kier molecular flexibility index (Phi) is 41.1. The maximum atomic E-state index is 12.6. The summed E-state index contributed by atoms with van der Waals surface area (Å²) >= 11 is 0. The van der Waals surface area contributed by atoms with Gasteiger partial charge in [0, 0.05) is 13.0 Å². The molecular formula is C47H84NO9P. The van der Waals surface area contributed by atoms with Crippen molar-refractivity contribution in [2.75, 3.05) is 26.4 Å². The second-order valence-corrected chi connectivity index (χ2v) is 16.6. The normalized spacial score (nSPS) is 14.4. The number of hydrogen-bond donors (Lipinski definition) is 3. The molecule has 4 N–H and O–H groups in total. The van der Waals surface area contributed by atoms with Gasteiger partial charge < -0.3 is 25.2 Å². The summed E-state index contributed by atoms with van der Waals surface area (Å²) in [6, 6.07) is -1.48. The van der Waals surface area contributed by atoms with Crippen molar-refractivity contribution in [3.63, 3.8) is 0 Å². The number of hydrogen-bond acceptors (Lipinski definition) is 8. The summed E-state index contributed by atoms with van der Waals surface area (Å²) in [7, 11) is -4.62. The smallest absolute Gasteiger partial charge is 0.472 e. The van der Waals surface area contributed by atoms with Gasteiger partial charge in [-0.05, 0) is 57.8 Å². The number of esters is 1. The Morgan fingerprint density at radius 2 is 1.00 bits per heavy atom. The largest absolute Gasteiger partial charge is 0.480 e. The van der Waals surface area contributed by atoms with E-state index >= 15 is 0 Å². The summed E-state index contributed by atoms with van der Waals surface area (Å²) in [5, 5.41) is 8.90. The van der Waals surface area contributed by atoms with Gasteiger partial charge >= 0.3 is 19.8 Å². The number of rotatable bonds is 43. The van der Waals surface area contributed by atoms with E-state index in [1.54, 1.807) is 0 Å². The number of nitrogens with two attached hydrogens (primary N) is 1. The third-order valence-electron chi connectivity index (χ3n) is 9.56. The maximum absolute atomic E-state index is 12.6. The highest BCUT2D eigenvalue weighted by Crippen LogP contribution is 2.43. The monoisotopic (exact) mass is 838 g/mol. The minimum Gasteiger partial charge on any atom is -0.480 e. The van der Waals surface area contributed by atoms with Crippen molar-refractivity contribution in [3.8, 4) is 0 Å². The van der Waals surface area contributed by atoms with Crippen LogP contribution in [0.25, 0.3) is 0 Å². The van der Waals surface area contributed by atoms with Crippen LogP contribution in [0.5, 0.6) is 0 Å². The Morgan fingerprint density at radius 3 is 1.50 bits per heavy atom. The fourth-order valence-corrected chi connectivity index (χ4v) is 6.82. The van der Waals surface area contributed by atoms with Crippen molar-refractivity contribution in [1.82, 2.24) is 0 Å². The number of ether oxygens (including phenoxy) is 2. The Balaban J connectivity index is 4.16. The molecular weight excluding hydrogens is 753 g/mol. The first-order valence-corrected chi connectivity index (χ1v) is 24.3. The molecule has 0 spiro atoms. The lowest BCUT2D eigenvalue weighted by Gasteiger charge is -2.20. The molecule has 0 saturated heterocycles. The molecule has 0 aliphatic heterocycles. The summed E-state index contributed by atoms with van der Waals surface area (Å²) in [5.41, 5.74) is 5.36. The van der Waals surface area contributed by atoms with Gasteiger partial charge in [-0.2, -0.15) is 0 Å².